The van der Waals surface area contributed by atoms with Crippen molar-refractivity contribution in [3.05, 3.63) is 36.2 Å². The molecule has 30 heavy (non-hydrogen) atoms. The molecule has 1 aliphatic rings. The van der Waals surface area contributed by atoms with E-state index in [4.69, 9.17) is 4.98 Å². The maximum absolute atomic E-state index is 10.1. The number of para-hydroxylation sites is 1. The van der Waals surface area contributed by atoms with Crippen LogP contribution in [0.25, 0.3) is 10.9 Å². The number of rotatable bonds is 4. The number of hydrogen-bond donors (Lipinski definition) is 2. The lowest BCUT2D eigenvalue weighted by molar-refractivity contribution is 0.317. The fraction of sp³-hybridized carbons (Fsp3) is 0.455. The van der Waals surface area contributed by atoms with E-state index in [1.54, 1.807) is 11.7 Å². The molecule has 3 aromatic rings. The number of benzene rings is 1. The van der Waals surface area contributed by atoms with E-state index in [0.29, 0.717) is 23.4 Å². The number of hydrogen-bond acceptors (Lipinski definition) is 7. The predicted octanol–water partition coefficient (Wildman–Crippen LogP) is 3.34. The molecule has 0 radical (unpaired) electrons. The third kappa shape index (κ3) is 4.07. The van der Waals surface area contributed by atoms with Gasteiger partial charge in [-0.25, -0.2) is 9.67 Å². The summed E-state index contributed by atoms with van der Waals surface area (Å²) in [5.41, 5.74) is 2.44. The van der Waals surface area contributed by atoms with Crippen LogP contribution in [0.2, 0.25) is 0 Å². The molecule has 4 rings (SSSR count). The van der Waals surface area contributed by atoms with Crippen LogP contribution in [0.15, 0.2) is 30.6 Å². The molecule has 1 fully saturated rings. The highest BCUT2D eigenvalue weighted by atomic mass is 15.4. The molecule has 0 saturated carbocycles. The molecule has 8 nitrogen and oxygen atoms in total. The topological polar surface area (TPSA) is 94.7 Å². The molecular weight excluding hydrogens is 376 g/mol. The summed E-state index contributed by atoms with van der Waals surface area (Å²) in [7, 11) is 1.80. The third-order valence-corrected chi connectivity index (χ3v) is 5.37. The van der Waals surface area contributed by atoms with E-state index in [1.807, 2.05) is 24.3 Å². The van der Waals surface area contributed by atoms with E-state index in [1.165, 1.54) is 6.33 Å². The van der Waals surface area contributed by atoms with E-state index in [0.717, 1.165) is 42.5 Å². The molecule has 0 unspecified atom stereocenters. The van der Waals surface area contributed by atoms with Gasteiger partial charge in [0.2, 0.25) is 5.95 Å². The van der Waals surface area contributed by atoms with Crippen LogP contribution in [0.4, 0.5) is 17.5 Å². The van der Waals surface area contributed by atoms with Crippen molar-refractivity contribution in [2.45, 2.75) is 45.2 Å². The fourth-order valence-corrected chi connectivity index (χ4v) is 4.09. The number of aromatic nitrogens is 4. The van der Waals surface area contributed by atoms with Gasteiger partial charge in [-0.1, -0.05) is 18.2 Å². The Bertz CT molecular complexity index is 1080. The Kier molecular flexibility index (Phi) is 5.31. The maximum Gasteiger partial charge on any atom is 0.226 e. The molecular formula is C22H28N8. The molecule has 0 amide bonds. The van der Waals surface area contributed by atoms with Crippen molar-refractivity contribution in [3.8, 4) is 6.07 Å². The molecule has 0 bridgehead atoms. The van der Waals surface area contributed by atoms with Gasteiger partial charge in [-0.2, -0.15) is 15.3 Å². The Morgan fingerprint density at radius 2 is 1.90 bits per heavy atom. The molecule has 1 aliphatic heterocycles. The van der Waals surface area contributed by atoms with Crippen molar-refractivity contribution in [2.24, 2.45) is 7.05 Å². The van der Waals surface area contributed by atoms with E-state index >= 15 is 0 Å². The van der Waals surface area contributed by atoms with Gasteiger partial charge in [0.15, 0.2) is 5.82 Å². The zero-order valence-electron chi connectivity index (χ0n) is 18.0. The number of nitrogens with one attached hydrogen (secondary N) is 2. The van der Waals surface area contributed by atoms with Crippen molar-refractivity contribution in [2.75, 3.05) is 23.3 Å². The van der Waals surface area contributed by atoms with Crippen LogP contribution in [-0.2, 0) is 7.05 Å². The van der Waals surface area contributed by atoms with Gasteiger partial charge in [0.25, 0.3) is 0 Å². The lowest BCUT2D eigenvalue weighted by atomic mass is 9.98. The zero-order chi connectivity index (χ0) is 21.3. The monoisotopic (exact) mass is 404 g/mol. The second-order valence-corrected chi connectivity index (χ2v) is 8.80. The molecule has 156 valence electrons. The lowest BCUT2D eigenvalue weighted by Crippen LogP contribution is -2.49. The SMILES string of the molecule is Cn1ncnc1Nc1nc2ccccc2c(N2CCC(NC(C)(C)C)CC2)c1C#N. The summed E-state index contributed by atoms with van der Waals surface area (Å²) < 4.78 is 1.63. The zero-order valence-corrected chi connectivity index (χ0v) is 18.0. The van der Waals surface area contributed by atoms with Crippen LogP contribution < -0.4 is 15.5 Å². The van der Waals surface area contributed by atoms with Gasteiger partial charge in [0, 0.05) is 37.1 Å². The quantitative estimate of drug-likeness (QED) is 0.689. The summed E-state index contributed by atoms with van der Waals surface area (Å²) in [6.07, 6.45) is 3.54. The molecule has 0 aliphatic carbocycles. The van der Waals surface area contributed by atoms with E-state index < -0.39 is 0 Å². The van der Waals surface area contributed by atoms with Crippen molar-refractivity contribution >= 4 is 28.4 Å². The minimum Gasteiger partial charge on any atom is -0.370 e. The van der Waals surface area contributed by atoms with Crippen LogP contribution in [-0.4, -0.2) is 44.4 Å². The number of fused-ring (bicyclic) bond motifs is 1. The molecule has 0 atom stereocenters. The Morgan fingerprint density at radius 1 is 1.17 bits per heavy atom. The van der Waals surface area contributed by atoms with Gasteiger partial charge >= 0.3 is 0 Å². The summed E-state index contributed by atoms with van der Waals surface area (Å²) in [6, 6.07) is 10.9. The van der Waals surface area contributed by atoms with Gasteiger partial charge in [0.05, 0.1) is 11.2 Å². The highest BCUT2D eigenvalue weighted by molar-refractivity contribution is 5.98. The number of piperidine rings is 1. The first-order valence-corrected chi connectivity index (χ1v) is 10.3. The van der Waals surface area contributed by atoms with Crippen LogP contribution in [0, 0.1) is 11.3 Å². The molecule has 1 aromatic carbocycles. The second-order valence-electron chi connectivity index (χ2n) is 8.80. The van der Waals surface area contributed by atoms with Gasteiger partial charge < -0.3 is 15.5 Å². The van der Waals surface area contributed by atoms with Crippen LogP contribution >= 0.6 is 0 Å². The summed E-state index contributed by atoms with van der Waals surface area (Å²) in [4.78, 5) is 11.3. The Morgan fingerprint density at radius 3 is 2.53 bits per heavy atom. The number of aryl methyl sites for hydroxylation is 1. The van der Waals surface area contributed by atoms with Crippen LogP contribution in [0.1, 0.15) is 39.2 Å². The standard InChI is InChI=1S/C22H28N8/c1-22(2,3)28-15-9-11-30(12-10-15)19-16-7-5-6-8-18(16)26-20(17(19)13-23)27-21-24-14-25-29(21)4/h5-8,14-15,28H,9-12H2,1-4H3,(H,24,25,26,27). The van der Waals surface area contributed by atoms with Crippen molar-refractivity contribution in [3.63, 3.8) is 0 Å². The first kappa shape index (κ1) is 20.1. The van der Waals surface area contributed by atoms with Crippen molar-refractivity contribution in [1.29, 1.82) is 5.26 Å². The molecule has 1 saturated heterocycles. The fourth-order valence-electron chi connectivity index (χ4n) is 4.09. The number of nitrogens with zero attached hydrogens (tertiary/aromatic N) is 6. The minimum absolute atomic E-state index is 0.0984. The van der Waals surface area contributed by atoms with Crippen molar-refractivity contribution < 1.29 is 0 Å². The smallest absolute Gasteiger partial charge is 0.226 e. The maximum atomic E-state index is 10.1. The molecule has 2 N–H and O–H groups in total. The second kappa shape index (κ2) is 7.92. The van der Waals surface area contributed by atoms with Gasteiger partial charge in [-0.3, -0.25) is 0 Å². The summed E-state index contributed by atoms with van der Waals surface area (Å²) >= 11 is 0. The first-order chi connectivity index (χ1) is 14.4. The van der Waals surface area contributed by atoms with E-state index in [-0.39, 0.29) is 5.54 Å². The Labute approximate surface area is 176 Å². The van der Waals surface area contributed by atoms with Crippen LogP contribution in [0.5, 0.6) is 0 Å². The Balaban J connectivity index is 1.72. The average Bonchev–Trinajstić information content (AvgIpc) is 3.11. The highest BCUT2D eigenvalue weighted by Gasteiger charge is 2.27. The molecule has 3 heterocycles. The molecule has 8 heteroatoms. The summed E-state index contributed by atoms with van der Waals surface area (Å²) in [6.45, 7) is 8.38. The third-order valence-electron chi connectivity index (χ3n) is 5.37. The number of pyridine rings is 1. The Hall–Kier alpha value is -3.18. The largest absolute Gasteiger partial charge is 0.370 e. The average molecular weight is 405 g/mol. The lowest BCUT2D eigenvalue weighted by Gasteiger charge is -2.38. The highest BCUT2D eigenvalue weighted by Crippen LogP contribution is 2.36. The predicted molar refractivity (Wildman–Crippen MR) is 119 cm³/mol. The van der Waals surface area contributed by atoms with E-state index in [9.17, 15) is 5.26 Å². The molecule has 0 spiro atoms. The van der Waals surface area contributed by atoms with Crippen molar-refractivity contribution in [1.82, 2.24) is 25.1 Å². The molecule has 2 aromatic heterocycles. The summed E-state index contributed by atoms with van der Waals surface area (Å²) in [5.74, 6) is 1.06. The van der Waals surface area contributed by atoms with Gasteiger partial charge in [-0.05, 0) is 39.7 Å². The van der Waals surface area contributed by atoms with E-state index in [2.05, 4.69) is 52.5 Å². The number of anilines is 3. The normalized spacial score (nSPS) is 15.4. The van der Waals surface area contributed by atoms with Crippen LogP contribution in [0.3, 0.4) is 0 Å². The van der Waals surface area contributed by atoms with Gasteiger partial charge in [0.1, 0.15) is 18.0 Å². The summed E-state index contributed by atoms with van der Waals surface area (Å²) in [5, 5.41) is 22.1. The first-order valence-electron chi connectivity index (χ1n) is 10.3. The number of nitriles is 1. The minimum atomic E-state index is 0.0984. The van der Waals surface area contributed by atoms with Gasteiger partial charge in [-0.15, -0.1) is 0 Å².